The van der Waals surface area contributed by atoms with Crippen molar-refractivity contribution in [3.05, 3.63) is 164 Å². The predicted molar refractivity (Wildman–Crippen MR) is 431 cm³/mol. The Morgan fingerprint density at radius 1 is 0.378 bits per heavy atom. The fraction of sp³-hybridized carbons (Fsp3) is 0.570. The summed E-state index contributed by atoms with van der Waals surface area (Å²) in [4.78, 5) is 122. The van der Waals surface area contributed by atoms with E-state index >= 15 is 4.79 Å². The highest BCUT2D eigenvalue weighted by atomic mass is 16.7. The summed E-state index contributed by atoms with van der Waals surface area (Å²) in [5, 5.41) is 65.2. The molecule has 0 saturated carbocycles. The first-order valence-corrected chi connectivity index (χ1v) is 42.0. The number of aryl methyl sites for hydroxylation is 8. The summed E-state index contributed by atoms with van der Waals surface area (Å²) in [7, 11) is 0. The molecule has 12 aliphatic heterocycles. The van der Waals surface area contributed by atoms with Crippen LogP contribution in [0.2, 0.25) is 0 Å². The van der Waals surface area contributed by atoms with Crippen LogP contribution in [0.25, 0.3) is 0 Å². The van der Waals surface area contributed by atoms with Gasteiger partial charge in [0.15, 0.2) is 0 Å². The van der Waals surface area contributed by atoms with Crippen LogP contribution in [0.1, 0.15) is 146 Å². The molecule has 0 radical (unpaired) electrons. The number of rotatable bonds is 34. The van der Waals surface area contributed by atoms with Crippen molar-refractivity contribution in [2.75, 3.05) is 72.6 Å². The minimum absolute atomic E-state index is 0.0457. The fourth-order valence-corrected chi connectivity index (χ4v) is 22.9. The van der Waals surface area contributed by atoms with Gasteiger partial charge in [0.2, 0.25) is 47.3 Å². The van der Waals surface area contributed by atoms with Crippen LogP contribution in [0, 0.1) is 125 Å². The molecule has 26 nitrogen and oxygen atoms in total. The lowest BCUT2D eigenvalue weighted by molar-refractivity contribution is -0.150. The molecular formula is C93H112N4O22. The Hall–Kier alpha value is -8.80. The zero-order valence-electron chi connectivity index (χ0n) is 70.2. The Kier molecular flexibility index (Phi) is 21.6. The van der Waals surface area contributed by atoms with Crippen LogP contribution in [0.5, 0.6) is 23.0 Å². The average Bonchev–Trinajstić information content (AvgIpc) is 1.54. The molecule has 8 amide bonds. The Balaban J connectivity index is 0.454. The largest absolute Gasteiger partial charge is 0.507 e. The van der Waals surface area contributed by atoms with Gasteiger partial charge in [-0.05, 0) is 171 Å². The highest BCUT2D eigenvalue weighted by Crippen LogP contribution is 2.63. The van der Waals surface area contributed by atoms with E-state index in [9.17, 15) is 64.2 Å². The third-order valence-corrected chi connectivity index (χ3v) is 27.8. The number of imide groups is 4. The SMILES string of the molecule is Cc1cc(C(c2cc(C)c(O)c(C)c2)C23C=CC(O2)C2C(=O)N(CCC(C)CC(C)(C)CN4C(=O)C5C6C=CC(COCC(O)COCOCC(O)COCC78C=CC(O7)C7C(=O)N(CCC(C)CC(C)(C)CN9C(=O)C%10C%11C=CC(C(c%12cc(C)c(O)c(C)c%12)c%12cc(C)c(O)c(C)c%12)(O%11)C%10C9=O)C(=O)C78)(O6)C5C4=O)C(=O)C23)cc(C)c1O. The number of aliphatic hydroxyl groups excluding tert-OH is 2. The van der Waals surface area contributed by atoms with Gasteiger partial charge in [-0.2, -0.15) is 0 Å². The van der Waals surface area contributed by atoms with Gasteiger partial charge in [-0.15, -0.1) is 0 Å². The molecule has 20 unspecified atom stereocenters. The van der Waals surface area contributed by atoms with Crippen molar-refractivity contribution in [1.82, 2.24) is 19.6 Å². The van der Waals surface area contributed by atoms with E-state index in [0.29, 0.717) is 70.2 Å². The molecule has 4 aromatic carbocycles. The van der Waals surface area contributed by atoms with Crippen molar-refractivity contribution in [3.8, 4) is 23.0 Å². The maximum absolute atomic E-state index is 15.0. The second kappa shape index (κ2) is 30.7. The fourth-order valence-electron chi connectivity index (χ4n) is 22.9. The predicted octanol–water partition coefficient (Wildman–Crippen LogP) is 8.81. The van der Waals surface area contributed by atoms with E-state index in [0.717, 1.165) is 22.3 Å². The second-order valence-corrected chi connectivity index (χ2v) is 38.2. The first-order chi connectivity index (χ1) is 56.2. The molecule has 119 heavy (non-hydrogen) atoms. The number of nitrogens with zero attached hydrogens (tertiary/aromatic N) is 4. The van der Waals surface area contributed by atoms with Crippen LogP contribution < -0.4 is 0 Å². The average molecular weight is 1640 g/mol. The van der Waals surface area contributed by atoms with Gasteiger partial charge in [0, 0.05) is 38.0 Å². The zero-order chi connectivity index (χ0) is 85.1. The first kappa shape index (κ1) is 83.8. The Labute approximate surface area is 693 Å². The summed E-state index contributed by atoms with van der Waals surface area (Å²) in [5.41, 5.74) is 2.33. The summed E-state index contributed by atoms with van der Waals surface area (Å²) < 4.78 is 49.4. The number of hydrogen-bond donors (Lipinski definition) is 6. The molecule has 12 heterocycles. The second-order valence-electron chi connectivity index (χ2n) is 38.2. The van der Waals surface area contributed by atoms with Gasteiger partial charge in [-0.25, -0.2) is 0 Å². The van der Waals surface area contributed by atoms with Gasteiger partial charge in [0.1, 0.15) is 64.4 Å². The summed E-state index contributed by atoms with van der Waals surface area (Å²) >= 11 is 0. The van der Waals surface area contributed by atoms with Crippen LogP contribution >= 0.6 is 0 Å². The molecule has 8 saturated heterocycles. The molecule has 6 N–H and O–H groups in total. The lowest BCUT2D eigenvalue weighted by atomic mass is 9.66. The number of aromatic hydroxyl groups is 4. The normalized spacial score (nSPS) is 31.4. The monoisotopic (exact) mass is 1640 g/mol. The quantitative estimate of drug-likeness (QED) is 0.0110. The zero-order valence-corrected chi connectivity index (χ0v) is 70.2. The van der Waals surface area contributed by atoms with E-state index in [2.05, 4.69) is 0 Å². The van der Waals surface area contributed by atoms with Crippen molar-refractivity contribution in [1.29, 1.82) is 0 Å². The van der Waals surface area contributed by atoms with Crippen molar-refractivity contribution in [3.63, 3.8) is 0 Å². The van der Waals surface area contributed by atoms with E-state index in [1.54, 1.807) is 24.3 Å². The van der Waals surface area contributed by atoms with Crippen LogP contribution in [0.4, 0.5) is 0 Å². The van der Waals surface area contributed by atoms with Crippen LogP contribution in [-0.4, -0.2) is 229 Å². The third kappa shape index (κ3) is 14.0. The van der Waals surface area contributed by atoms with Gasteiger partial charge in [-0.3, -0.25) is 58.0 Å². The Morgan fingerprint density at radius 2 is 0.647 bits per heavy atom. The first-order valence-electron chi connectivity index (χ1n) is 42.0. The molecule has 20 atom stereocenters. The maximum Gasteiger partial charge on any atom is 0.236 e. The molecule has 0 aromatic heterocycles. The number of hydrogen-bond acceptors (Lipinski definition) is 22. The molecule has 12 aliphatic rings. The number of fused-ring (bicyclic) bond motifs is 20. The molecule has 26 heteroatoms. The molecule has 8 fully saturated rings. The molecule has 0 aliphatic carbocycles. The van der Waals surface area contributed by atoms with E-state index in [-0.39, 0.29) is 155 Å². The lowest BCUT2D eigenvalue weighted by Gasteiger charge is -2.39. The number of aliphatic hydroxyl groups is 2. The van der Waals surface area contributed by atoms with Crippen molar-refractivity contribution in [2.45, 2.75) is 193 Å². The molecule has 8 bridgehead atoms. The van der Waals surface area contributed by atoms with E-state index in [4.69, 9.17) is 37.9 Å². The number of likely N-dealkylation sites (tertiary alicyclic amines) is 4. The Bertz CT molecular complexity index is 4780. The van der Waals surface area contributed by atoms with Crippen LogP contribution in [-0.2, 0) is 76.3 Å². The van der Waals surface area contributed by atoms with Crippen LogP contribution in [0.15, 0.2) is 97.1 Å². The minimum atomic E-state index is -1.25. The van der Waals surface area contributed by atoms with Gasteiger partial charge in [0.05, 0.1) is 111 Å². The van der Waals surface area contributed by atoms with Crippen molar-refractivity contribution < 1.29 is 107 Å². The minimum Gasteiger partial charge on any atom is -0.507 e. The van der Waals surface area contributed by atoms with Crippen molar-refractivity contribution >= 4 is 47.3 Å². The number of carbonyl (C=O) groups is 8. The summed E-state index contributed by atoms with van der Waals surface area (Å²) in [6, 6.07) is 15.2. The van der Waals surface area contributed by atoms with Crippen LogP contribution in [0.3, 0.4) is 0 Å². The standard InChI is InChI=1S/C93H112N4O22/c1-46(36-89(13,14)42-97-83(107)69-65-18-24-93(119-65,75(69)87(97)111)71(58-31-52(7)78(102)53(8)32-58)59-33-54(9)79(103)55(10)34-59)19-25-94-80(104)66-62-15-21-90(116-62,72(66)84(94)108)43-112-37-60(98)39-114-45-115-40-61(99)38-113-44-91-22-16-63(117-91)67-73(91)85(109)96(82(67)106)41-88(11,12)35-47(2)20-26-95-81(105)68-64-17-23-92(118-64,74(68)86(95)110)70(56-27-48(3)76(100)49(4)28-56)57-29-50(5)77(101)51(6)30-57/h15-18,21-24,27-34,46-47,60-75,98-103H,19-20,25-26,35-45H2,1-14H3. The molecular weight excluding hydrogens is 1530 g/mol. The molecule has 0 spiro atoms. The highest BCUT2D eigenvalue weighted by Gasteiger charge is 2.74. The smallest absolute Gasteiger partial charge is 0.236 e. The van der Waals surface area contributed by atoms with Gasteiger partial charge < -0.3 is 68.5 Å². The van der Waals surface area contributed by atoms with Gasteiger partial charge >= 0.3 is 0 Å². The van der Waals surface area contributed by atoms with Crippen molar-refractivity contribution in [2.24, 2.45) is 70.0 Å². The topological polar surface area (TPSA) is 345 Å². The number of benzene rings is 4. The van der Waals surface area contributed by atoms with E-state index in [1.165, 1.54) is 19.6 Å². The summed E-state index contributed by atoms with van der Waals surface area (Å²) in [5.74, 6) is -9.54. The molecule has 16 rings (SSSR count). The number of phenolic OH excluding ortho intramolecular Hbond substituents is 4. The molecule has 636 valence electrons. The Morgan fingerprint density at radius 3 is 0.983 bits per heavy atom. The molecule has 4 aromatic rings. The third-order valence-electron chi connectivity index (χ3n) is 27.8. The van der Waals surface area contributed by atoms with Gasteiger partial charge in [-0.1, -0.05) is 139 Å². The van der Waals surface area contributed by atoms with E-state index in [1.807, 2.05) is 170 Å². The van der Waals surface area contributed by atoms with Gasteiger partial charge in [0.25, 0.3) is 0 Å². The lowest BCUT2D eigenvalue weighted by Crippen LogP contribution is -2.47. The number of carbonyl (C=O) groups excluding carboxylic acids is 8. The number of phenols is 4. The summed E-state index contributed by atoms with van der Waals surface area (Å²) in [6.07, 6.45) is 12.0. The highest BCUT2D eigenvalue weighted by molar-refractivity contribution is 6.10. The summed E-state index contributed by atoms with van der Waals surface area (Å²) in [6.45, 7) is 25.9. The maximum atomic E-state index is 15.0. The number of amides is 8. The number of ether oxygens (including phenoxy) is 8. The van der Waals surface area contributed by atoms with E-state index < -0.39 is 129 Å².